The first-order valence-corrected chi connectivity index (χ1v) is 11.8. The SMILES string of the molecule is CCOc1ccc(Br)cc1S(=O)(=O)NC(c1ccccc1)=[N+](C)Cc1ccccc1. The van der Waals surface area contributed by atoms with Crippen molar-refractivity contribution >= 4 is 31.8 Å². The minimum Gasteiger partial charge on any atom is -0.492 e. The van der Waals surface area contributed by atoms with Crippen molar-refractivity contribution in [1.29, 1.82) is 0 Å². The van der Waals surface area contributed by atoms with Crippen LogP contribution in [0.5, 0.6) is 5.75 Å². The maximum absolute atomic E-state index is 13.4. The number of nitrogens with one attached hydrogen (secondary N) is 1. The molecular formula is C23H24BrN2O3S+. The lowest BCUT2D eigenvalue weighted by Gasteiger charge is -2.13. The van der Waals surface area contributed by atoms with Gasteiger partial charge in [0.25, 0.3) is 5.84 Å². The Morgan fingerprint density at radius 3 is 2.27 bits per heavy atom. The Kier molecular flexibility index (Phi) is 7.29. The van der Waals surface area contributed by atoms with Crippen LogP contribution in [0.25, 0.3) is 0 Å². The zero-order chi connectivity index (χ0) is 21.6. The van der Waals surface area contributed by atoms with Gasteiger partial charge in [0.2, 0.25) is 0 Å². The topological polar surface area (TPSA) is 58.4 Å². The van der Waals surface area contributed by atoms with Crippen LogP contribution in [-0.2, 0) is 16.6 Å². The van der Waals surface area contributed by atoms with Crippen LogP contribution in [-0.4, -0.2) is 32.5 Å². The van der Waals surface area contributed by atoms with Crippen LogP contribution in [0, 0.1) is 0 Å². The molecule has 0 aliphatic heterocycles. The van der Waals surface area contributed by atoms with E-state index in [0.29, 0.717) is 29.2 Å². The van der Waals surface area contributed by atoms with Crippen molar-refractivity contribution in [3.63, 3.8) is 0 Å². The van der Waals surface area contributed by atoms with Crippen molar-refractivity contribution in [2.24, 2.45) is 0 Å². The molecule has 3 aromatic carbocycles. The average Bonchev–Trinajstić information content (AvgIpc) is 2.75. The first kappa shape index (κ1) is 22.1. The second kappa shape index (κ2) is 9.91. The van der Waals surface area contributed by atoms with Gasteiger partial charge in [-0.1, -0.05) is 64.5 Å². The maximum Gasteiger partial charge on any atom is 0.332 e. The van der Waals surface area contributed by atoms with Gasteiger partial charge in [-0.25, -0.2) is 0 Å². The van der Waals surface area contributed by atoms with Crippen LogP contribution in [0.15, 0.2) is 88.2 Å². The molecule has 0 aliphatic carbocycles. The van der Waals surface area contributed by atoms with Crippen LogP contribution in [0.4, 0.5) is 0 Å². The van der Waals surface area contributed by atoms with Gasteiger partial charge in [-0.2, -0.15) is 13.1 Å². The highest BCUT2D eigenvalue weighted by molar-refractivity contribution is 9.10. The van der Waals surface area contributed by atoms with Crippen molar-refractivity contribution in [3.8, 4) is 5.75 Å². The third-order valence-corrected chi connectivity index (χ3v) is 6.27. The molecule has 1 N–H and O–H groups in total. The number of hydrogen-bond acceptors (Lipinski definition) is 3. The number of rotatable bonds is 7. The molecule has 0 unspecified atom stereocenters. The highest BCUT2D eigenvalue weighted by Gasteiger charge is 2.28. The van der Waals surface area contributed by atoms with E-state index < -0.39 is 10.0 Å². The van der Waals surface area contributed by atoms with Gasteiger partial charge >= 0.3 is 10.0 Å². The number of ether oxygens (including phenoxy) is 1. The molecule has 156 valence electrons. The summed E-state index contributed by atoms with van der Waals surface area (Å²) in [7, 11) is -2.04. The van der Waals surface area contributed by atoms with E-state index in [-0.39, 0.29) is 4.90 Å². The zero-order valence-electron chi connectivity index (χ0n) is 16.9. The van der Waals surface area contributed by atoms with Gasteiger partial charge in [0.1, 0.15) is 12.3 Å². The third kappa shape index (κ3) is 5.49. The summed E-state index contributed by atoms with van der Waals surface area (Å²) in [5.41, 5.74) is 1.84. The van der Waals surface area contributed by atoms with E-state index in [1.54, 1.807) is 18.2 Å². The van der Waals surface area contributed by atoms with E-state index in [2.05, 4.69) is 20.7 Å². The summed E-state index contributed by atoms with van der Waals surface area (Å²) in [6, 6.07) is 24.3. The fourth-order valence-corrected chi connectivity index (χ4v) is 4.86. The first-order chi connectivity index (χ1) is 14.4. The van der Waals surface area contributed by atoms with Gasteiger partial charge in [-0.3, -0.25) is 4.58 Å². The van der Waals surface area contributed by atoms with Crippen molar-refractivity contribution in [3.05, 3.63) is 94.5 Å². The summed E-state index contributed by atoms with van der Waals surface area (Å²) < 4.78 is 37.6. The Morgan fingerprint density at radius 1 is 1.00 bits per heavy atom. The first-order valence-electron chi connectivity index (χ1n) is 9.53. The molecule has 0 atom stereocenters. The van der Waals surface area contributed by atoms with Crippen molar-refractivity contribution in [1.82, 2.24) is 4.72 Å². The predicted molar refractivity (Wildman–Crippen MR) is 123 cm³/mol. The van der Waals surface area contributed by atoms with Crippen molar-refractivity contribution < 1.29 is 17.7 Å². The lowest BCUT2D eigenvalue weighted by Crippen LogP contribution is -2.37. The fourth-order valence-electron chi connectivity index (χ4n) is 3.04. The van der Waals surface area contributed by atoms with E-state index >= 15 is 0 Å². The van der Waals surface area contributed by atoms with Crippen molar-refractivity contribution in [2.75, 3.05) is 13.7 Å². The van der Waals surface area contributed by atoms with Crippen LogP contribution in [0.2, 0.25) is 0 Å². The maximum atomic E-state index is 13.4. The molecular weight excluding hydrogens is 464 g/mol. The Morgan fingerprint density at radius 2 is 1.63 bits per heavy atom. The van der Waals surface area contributed by atoms with Gasteiger partial charge < -0.3 is 4.74 Å². The molecule has 3 rings (SSSR count). The largest absolute Gasteiger partial charge is 0.492 e. The fraction of sp³-hybridized carbons (Fsp3) is 0.174. The lowest BCUT2D eigenvalue weighted by molar-refractivity contribution is -0.514. The molecule has 5 nitrogen and oxygen atoms in total. The van der Waals surface area contributed by atoms with Crippen LogP contribution < -0.4 is 9.46 Å². The molecule has 30 heavy (non-hydrogen) atoms. The van der Waals surface area contributed by atoms with Gasteiger partial charge in [0.15, 0.2) is 4.90 Å². The Balaban J connectivity index is 2.05. The van der Waals surface area contributed by atoms with E-state index in [1.807, 2.05) is 79.2 Å². The summed E-state index contributed by atoms with van der Waals surface area (Å²) in [6.45, 7) is 2.73. The molecule has 0 saturated heterocycles. The molecule has 0 bridgehead atoms. The predicted octanol–water partition coefficient (Wildman–Crippen LogP) is 4.42. The Labute approximate surface area is 186 Å². The molecule has 0 spiro atoms. The van der Waals surface area contributed by atoms with E-state index in [1.165, 1.54) is 0 Å². The zero-order valence-corrected chi connectivity index (χ0v) is 19.3. The molecule has 0 saturated carbocycles. The van der Waals surface area contributed by atoms with Gasteiger partial charge in [-0.05, 0) is 42.8 Å². The number of sulfonamides is 1. The average molecular weight is 488 g/mol. The smallest absolute Gasteiger partial charge is 0.332 e. The molecule has 0 amide bonds. The van der Waals surface area contributed by atoms with Crippen molar-refractivity contribution in [2.45, 2.75) is 18.4 Å². The number of hydrogen-bond donors (Lipinski definition) is 1. The van der Waals surface area contributed by atoms with E-state index in [0.717, 1.165) is 11.1 Å². The van der Waals surface area contributed by atoms with Gasteiger partial charge in [0, 0.05) is 4.47 Å². The number of amidine groups is 1. The summed E-state index contributed by atoms with van der Waals surface area (Å²) in [6.07, 6.45) is 0. The van der Waals surface area contributed by atoms with E-state index in [4.69, 9.17) is 4.74 Å². The molecule has 0 fully saturated rings. The molecule has 7 heteroatoms. The third-order valence-electron chi connectivity index (χ3n) is 4.42. The van der Waals surface area contributed by atoms with Crippen LogP contribution >= 0.6 is 15.9 Å². The van der Waals surface area contributed by atoms with Crippen LogP contribution in [0.3, 0.4) is 0 Å². The summed E-state index contributed by atoms with van der Waals surface area (Å²) >= 11 is 3.36. The Hall–Kier alpha value is -2.64. The number of halogens is 1. The highest BCUT2D eigenvalue weighted by Crippen LogP contribution is 2.27. The van der Waals surface area contributed by atoms with Crippen LogP contribution in [0.1, 0.15) is 18.1 Å². The molecule has 0 aromatic heterocycles. The highest BCUT2D eigenvalue weighted by atomic mass is 79.9. The number of benzene rings is 3. The molecule has 3 aromatic rings. The Bertz CT molecular complexity index is 1130. The minimum absolute atomic E-state index is 0.0836. The standard InChI is InChI=1S/C23H23BrN2O3S/c1-3-29-21-15-14-20(24)16-22(21)30(27,28)25-23(19-12-8-5-9-13-19)26(2)17-18-10-6-4-7-11-18/h4-16H,3,17H2,1-2H3/p+1. The van der Waals surface area contributed by atoms with Gasteiger partial charge in [-0.15, -0.1) is 0 Å². The molecule has 0 aliphatic rings. The normalized spacial score (nSPS) is 12.2. The minimum atomic E-state index is -3.90. The monoisotopic (exact) mass is 487 g/mol. The quantitative estimate of drug-likeness (QED) is 0.305. The summed E-state index contributed by atoms with van der Waals surface area (Å²) in [5, 5.41) is 0. The molecule has 0 heterocycles. The number of nitrogens with zero attached hydrogens (tertiary/aromatic N) is 1. The van der Waals surface area contributed by atoms with Gasteiger partial charge in [0.05, 0.1) is 19.2 Å². The summed E-state index contributed by atoms with van der Waals surface area (Å²) in [4.78, 5) is 0.0836. The van der Waals surface area contributed by atoms with E-state index in [9.17, 15) is 8.42 Å². The molecule has 0 radical (unpaired) electrons. The second-order valence-corrected chi connectivity index (χ2v) is 9.25. The summed E-state index contributed by atoms with van der Waals surface area (Å²) in [5.74, 6) is 0.799. The second-order valence-electron chi connectivity index (χ2n) is 6.69. The lowest BCUT2D eigenvalue weighted by atomic mass is 10.2.